The Balaban J connectivity index is 1.76. The van der Waals surface area contributed by atoms with E-state index < -0.39 is 0 Å². The molecule has 3 rings (SSSR count). The first kappa shape index (κ1) is 23.6. The second-order valence-electron chi connectivity index (χ2n) is 8.29. The predicted molar refractivity (Wildman–Crippen MR) is 126 cm³/mol. The van der Waals surface area contributed by atoms with Gasteiger partial charge < -0.3 is 14.5 Å². The van der Waals surface area contributed by atoms with Gasteiger partial charge in [0.1, 0.15) is 12.4 Å². The Hall–Kier alpha value is -2.05. The van der Waals surface area contributed by atoms with Crippen LogP contribution in [0.1, 0.15) is 49.2 Å². The Labute approximate surface area is 193 Å². The first-order valence-electron chi connectivity index (χ1n) is 10.8. The molecule has 0 radical (unpaired) electrons. The molecule has 0 saturated heterocycles. The van der Waals surface area contributed by atoms with Gasteiger partial charge >= 0.3 is 0 Å². The standard InChI is InChI=1S/C24H31ClN2O3S/c1-5-16(2)13-26(18(4)28)14-24(29)27-10-8-23-20(9-11-31-23)22(27)15-30-19-6-7-21(25)17(3)12-19/h6-7,9,11-12,16,22H,5,8,10,13-15H2,1-4H3/t16-,22+/m0/s1. The van der Waals surface area contributed by atoms with Crippen molar-refractivity contribution in [1.82, 2.24) is 9.80 Å². The van der Waals surface area contributed by atoms with Gasteiger partial charge in [-0.1, -0.05) is 31.9 Å². The van der Waals surface area contributed by atoms with Gasteiger partial charge in [0.25, 0.3) is 0 Å². The van der Waals surface area contributed by atoms with Gasteiger partial charge in [-0.3, -0.25) is 9.59 Å². The molecule has 1 aromatic heterocycles. The Kier molecular flexibility index (Phi) is 8.00. The lowest BCUT2D eigenvalue weighted by molar-refractivity contribution is -0.142. The van der Waals surface area contributed by atoms with Gasteiger partial charge in [0.05, 0.1) is 12.6 Å². The number of benzene rings is 1. The molecule has 7 heteroatoms. The summed E-state index contributed by atoms with van der Waals surface area (Å²) in [6, 6.07) is 7.50. The topological polar surface area (TPSA) is 49.9 Å². The van der Waals surface area contributed by atoms with Crippen LogP contribution in [0.5, 0.6) is 5.75 Å². The second-order valence-corrected chi connectivity index (χ2v) is 9.69. The van der Waals surface area contributed by atoms with E-state index in [2.05, 4.69) is 25.3 Å². The van der Waals surface area contributed by atoms with Gasteiger partial charge in [-0.2, -0.15) is 0 Å². The van der Waals surface area contributed by atoms with Crippen molar-refractivity contribution < 1.29 is 14.3 Å². The highest BCUT2D eigenvalue weighted by Gasteiger charge is 2.33. The second kappa shape index (κ2) is 10.5. The molecule has 0 saturated carbocycles. The molecule has 2 heterocycles. The average Bonchev–Trinajstić information content (AvgIpc) is 3.22. The van der Waals surface area contributed by atoms with Crippen LogP contribution in [0.15, 0.2) is 29.6 Å². The lowest BCUT2D eigenvalue weighted by atomic mass is 10.00. The van der Waals surface area contributed by atoms with Crippen molar-refractivity contribution in [1.29, 1.82) is 0 Å². The molecule has 0 N–H and O–H groups in total. The minimum Gasteiger partial charge on any atom is -0.491 e. The quantitative estimate of drug-likeness (QED) is 0.547. The normalized spacial score (nSPS) is 16.5. The zero-order chi connectivity index (χ0) is 22.5. The molecular formula is C24H31ClN2O3S. The summed E-state index contributed by atoms with van der Waals surface area (Å²) in [7, 11) is 0. The summed E-state index contributed by atoms with van der Waals surface area (Å²) in [6.45, 7) is 9.37. The highest BCUT2D eigenvalue weighted by atomic mass is 35.5. The molecule has 5 nitrogen and oxygen atoms in total. The fraction of sp³-hybridized carbons (Fsp3) is 0.500. The minimum absolute atomic E-state index is 0.0313. The number of carbonyl (C=O) groups is 2. The number of rotatable bonds is 8. The van der Waals surface area contributed by atoms with E-state index in [-0.39, 0.29) is 24.4 Å². The number of carbonyl (C=O) groups excluding carboxylic acids is 2. The molecule has 2 aromatic rings. The summed E-state index contributed by atoms with van der Waals surface area (Å²) < 4.78 is 6.09. The van der Waals surface area contributed by atoms with Gasteiger partial charge in [-0.05, 0) is 60.0 Å². The molecule has 0 fully saturated rings. The largest absolute Gasteiger partial charge is 0.491 e. The smallest absolute Gasteiger partial charge is 0.242 e. The lowest BCUT2D eigenvalue weighted by Crippen LogP contribution is -2.48. The van der Waals surface area contributed by atoms with E-state index in [0.717, 1.165) is 29.7 Å². The van der Waals surface area contributed by atoms with E-state index >= 15 is 0 Å². The molecular weight excluding hydrogens is 432 g/mol. The average molecular weight is 463 g/mol. The zero-order valence-electron chi connectivity index (χ0n) is 18.7. The van der Waals surface area contributed by atoms with Gasteiger partial charge in [0.2, 0.25) is 11.8 Å². The van der Waals surface area contributed by atoms with E-state index in [4.69, 9.17) is 16.3 Å². The number of ether oxygens (including phenoxy) is 1. The third-order valence-electron chi connectivity index (χ3n) is 5.95. The number of thiophene rings is 1. The SMILES string of the molecule is CC[C@H](C)CN(CC(=O)N1CCc2sccc2[C@H]1COc1ccc(Cl)c(C)c1)C(C)=O. The molecule has 0 bridgehead atoms. The Bertz CT molecular complexity index is 929. The van der Waals surface area contributed by atoms with Gasteiger partial charge in [0, 0.05) is 29.9 Å². The predicted octanol–water partition coefficient (Wildman–Crippen LogP) is 5.11. The fourth-order valence-corrected chi connectivity index (χ4v) is 4.87. The van der Waals surface area contributed by atoms with Crippen LogP contribution in [0, 0.1) is 12.8 Å². The third kappa shape index (κ3) is 5.80. The van der Waals surface area contributed by atoms with Crippen LogP contribution in [-0.2, 0) is 16.0 Å². The van der Waals surface area contributed by atoms with Crippen molar-refractivity contribution in [3.8, 4) is 5.75 Å². The van der Waals surface area contributed by atoms with Crippen LogP contribution < -0.4 is 4.74 Å². The lowest BCUT2D eigenvalue weighted by Gasteiger charge is -2.37. The molecule has 0 unspecified atom stereocenters. The number of amides is 2. The molecule has 0 spiro atoms. The first-order chi connectivity index (χ1) is 14.8. The molecule has 0 aliphatic carbocycles. The number of aryl methyl sites for hydroxylation is 1. The Morgan fingerprint density at radius 1 is 1.35 bits per heavy atom. The number of halogens is 1. The molecule has 168 valence electrons. The fourth-order valence-electron chi connectivity index (χ4n) is 3.82. The van der Waals surface area contributed by atoms with Crippen LogP contribution in [0.25, 0.3) is 0 Å². The van der Waals surface area contributed by atoms with Crippen molar-refractivity contribution in [2.24, 2.45) is 5.92 Å². The van der Waals surface area contributed by atoms with Gasteiger partial charge in [-0.15, -0.1) is 11.3 Å². The summed E-state index contributed by atoms with van der Waals surface area (Å²) in [5, 5.41) is 2.77. The number of nitrogens with zero attached hydrogens (tertiary/aromatic N) is 2. The Morgan fingerprint density at radius 2 is 2.13 bits per heavy atom. The molecule has 31 heavy (non-hydrogen) atoms. The summed E-state index contributed by atoms with van der Waals surface area (Å²) in [5.41, 5.74) is 2.10. The summed E-state index contributed by atoms with van der Waals surface area (Å²) in [5.74, 6) is 0.996. The first-order valence-corrected chi connectivity index (χ1v) is 12.1. The van der Waals surface area contributed by atoms with Gasteiger partial charge in [-0.25, -0.2) is 0 Å². The van der Waals surface area contributed by atoms with Crippen molar-refractivity contribution in [3.63, 3.8) is 0 Å². The molecule has 1 aliphatic rings. The van der Waals surface area contributed by atoms with Crippen LogP contribution >= 0.6 is 22.9 Å². The highest BCUT2D eigenvalue weighted by Crippen LogP contribution is 2.34. The summed E-state index contributed by atoms with van der Waals surface area (Å²) >= 11 is 7.85. The third-order valence-corrected chi connectivity index (χ3v) is 7.37. The maximum Gasteiger partial charge on any atom is 0.242 e. The molecule has 2 amide bonds. The molecule has 2 atom stereocenters. The van der Waals surface area contributed by atoms with Crippen molar-refractivity contribution in [2.75, 3.05) is 26.2 Å². The monoisotopic (exact) mass is 462 g/mol. The summed E-state index contributed by atoms with van der Waals surface area (Å²) in [4.78, 5) is 30.3. The maximum absolute atomic E-state index is 13.3. The highest BCUT2D eigenvalue weighted by molar-refractivity contribution is 7.10. The van der Waals surface area contributed by atoms with E-state index in [1.165, 1.54) is 11.8 Å². The molecule has 1 aliphatic heterocycles. The van der Waals surface area contributed by atoms with Crippen LogP contribution in [-0.4, -0.2) is 47.9 Å². The van der Waals surface area contributed by atoms with Crippen molar-refractivity contribution in [3.05, 3.63) is 50.7 Å². The van der Waals surface area contributed by atoms with E-state index in [1.807, 2.05) is 30.0 Å². The number of hydrogen-bond donors (Lipinski definition) is 0. The van der Waals surface area contributed by atoms with E-state index in [9.17, 15) is 9.59 Å². The Morgan fingerprint density at radius 3 is 2.81 bits per heavy atom. The number of hydrogen-bond acceptors (Lipinski definition) is 4. The van der Waals surface area contributed by atoms with Crippen LogP contribution in [0.2, 0.25) is 5.02 Å². The minimum atomic E-state index is -0.170. The zero-order valence-corrected chi connectivity index (χ0v) is 20.3. The molecule has 1 aromatic carbocycles. The van der Waals surface area contributed by atoms with Crippen molar-refractivity contribution in [2.45, 2.75) is 46.6 Å². The summed E-state index contributed by atoms with van der Waals surface area (Å²) in [6.07, 6.45) is 1.80. The van der Waals surface area contributed by atoms with Gasteiger partial charge in [0.15, 0.2) is 0 Å². The van der Waals surface area contributed by atoms with E-state index in [1.54, 1.807) is 16.2 Å². The van der Waals surface area contributed by atoms with Crippen molar-refractivity contribution >= 4 is 34.8 Å². The van der Waals surface area contributed by atoms with Crippen LogP contribution in [0.4, 0.5) is 0 Å². The maximum atomic E-state index is 13.3. The van der Waals surface area contributed by atoms with Crippen LogP contribution in [0.3, 0.4) is 0 Å². The number of fused-ring (bicyclic) bond motifs is 1. The van der Waals surface area contributed by atoms with E-state index in [0.29, 0.717) is 30.6 Å².